The van der Waals surface area contributed by atoms with Gasteiger partial charge in [0.05, 0.1) is 17.1 Å². The number of hydrogen-bond acceptors (Lipinski definition) is 4. The standard InChI is InChI=1S/C23H24N2O4S/c1-17-7-2-3-11-20(17)29-16-14-24-22(26)13-6-15-25-19-10-4-8-18-9-5-12-21(23(18)19)30(25,27)28/h2-5,7-12H,6,13-16H2,1H3,(H,24,26). The number of para-hydroxylation sites is 1. The van der Waals surface area contributed by atoms with Crippen LogP contribution < -0.4 is 14.4 Å². The molecule has 0 unspecified atom stereocenters. The van der Waals surface area contributed by atoms with Crippen LogP contribution in [0.3, 0.4) is 0 Å². The zero-order valence-electron chi connectivity index (χ0n) is 16.8. The maximum atomic E-state index is 12.9. The monoisotopic (exact) mass is 424 g/mol. The van der Waals surface area contributed by atoms with Crippen molar-refractivity contribution in [3.05, 3.63) is 66.2 Å². The molecule has 0 spiro atoms. The van der Waals surface area contributed by atoms with Gasteiger partial charge >= 0.3 is 0 Å². The Morgan fingerprint density at radius 1 is 1.03 bits per heavy atom. The molecule has 6 nitrogen and oxygen atoms in total. The van der Waals surface area contributed by atoms with Gasteiger partial charge in [-0.2, -0.15) is 0 Å². The van der Waals surface area contributed by atoms with Gasteiger partial charge < -0.3 is 10.1 Å². The van der Waals surface area contributed by atoms with E-state index in [-0.39, 0.29) is 18.9 Å². The van der Waals surface area contributed by atoms with E-state index in [0.29, 0.717) is 30.2 Å². The first kappa shape index (κ1) is 20.2. The van der Waals surface area contributed by atoms with Gasteiger partial charge in [-0.15, -0.1) is 0 Å². The summed E-state index contributed by atoms with van der Waals surface area (Å²) in [6, 6.07) is 18.6. The number of hydrogen-bond donors (Lipinski definition) is 1. The van der Waals surface area contributed by atoms with Crippen LogP contribution in [0.5, 0.6) is 5.75 Å². The molecule has 7 heteroatoms. The van der Waals surface area contributed by atoms with Gasteiger partial charge in [0, 0.05) is 18.4 Å². The Morgan fingerprint density at radius 3 is 2.60 bits per heavy atom. The van der Waals surface area contributed by atoms with Crippen LogP contribution in [-0.2, 0) is 14.8 Å². The molecule has 156 valence electrons. The van der Waals surface area contributed by atoms with Crippen LogP contribution in [0, 0.1) is 6.92 Å². The minimum absolute atomic E-state index is 0.115. The summed E-state index contributed by atoms with van der Waals surface area (Å²) in [6.07, 6.45) is 0.691. The number of carbonyl (C=O) groups is 1. The highest BCUT2D eigenvalue weighted by Crippen LogP contribution is 2.41. The van der Waals surface area contributed by atoms with Crippen molar-refractivity contribution >= 4 is 32.4 Å². The van der Waals surface area contributed by atoms with Gasteiger partial charge in [-0.05, 0) is 42.5 Å². The maximum absolute atomic E-state index is 12.9. The third-order valence-electron chi connectivity index (χ3n) is 5.22. The van der Waals surface area contributed by atoms with Gasteiger partial charge in [0.15, 0.2) is 0 Å². The molecule has 3 aromatic carbocycles. The Hall–Kier alpha value is -3.06. The summed E-state index contributed by atoms with van der Waals surface area (Å²) in [7, 11) is -3.57. The van der Waals surface area contributed by atoms with Crippen molar-refractivity contribution in [1.29, 1.82) is 0 Å². The first-order chi connectivity index (χ1) is 14.5. The second kappa shape index (κ2) is 8.36. The molecule has 4 rings (SSSR count). The number of ether oxygens (including phenoxy) is 1. The summed E-state index contributed by atoms with van der Waals surface area (Å²) in [5, 5.41) is 4.49. The minimum atomic E-state index is -3.57. The summed E-state index contributed by atoms with van der Waals surface area (Å²) in [5.74, 6) is 0.690. The molecule has 0 atom stereocenters. The quantitative estimate of drug-likeness (QED) is 0.560. The fourth-order valence-electron chi connectivity index (χ4n) is 3.74. The largest absolute Gasteiger partial charge is 0.491 e. The van der Waals surface area contributed by atoms with Crippen LogP contribution in [0.1, 0.15) is 18.4 Å². The summed E-state index contributed by atoms with van der Waals surface area (Å²) in [4.78, 5) is 12.5. The predicted octanol–water partition coefficient (Wildman–Crippen LogP) is 3.63. The van der Waals surface area contributed by atoms with Crippen LogP contribution in [0.15, 0.2) is 65.6 Å². The molecule has 0 saturated heterocycles. The van der Waals surface area contributed by atoms with Crippen molar-refractivity contribution in [2.45, 2.75) is 24.7 Å². The average molecular weight is 425 g/mol. The molecule has 0 saturated carbocycles. The van der Waals surface area contributed by atoms with Gasteiger partial charge in [-0.1, -0.05) is 42.5 Å². The van der Waals surface area contributed by atoms with E-state index < -0.39 is 10.0 Å². The highest BCUT2D eigenvalue weighted by Gasteiger charge is 2.34. The molecule has 1 amide bonds. The van der Waals surface area contributed by atoms with E-state index in [2.05, 4.69) is 5.32 Å². The molecule has 1 heterocycles. The maximum Gasteiger partial charge on any atom is 0.265 e. The predicted molar refractivity (Wildman–Crippen MR) is 117 cm³/mol. The zero-order valence-corrected chi connectivity index (χ0v) is 17.6. The fourth-order valence-corrected chi connectivity index (χ4v) is 5.49. The summed E-state index contributed by atoms with van der Waals surface area (Å²) in [6.45, 7) is 3.02. The second-order valence-corrected chi connectivity index (χ2v) is 9.11. The van der Waals surface area contributed by atoms with Crippen molar-refractivity contribution in [1.82, 2.24) is 5.32 Å². The van der Waals surface area contributed by atoms with E-state index in [1.165, 1.54) is 4.31 Å². The molecule has 1 aliphatic rings. The third-order valence-corrected chi connectivity index (χ3v) is 7.08. The van der Waals surface area contributed by atoms with E-state index >= 15 is 0 Å². The van der Waals surface area contributed by atoms with E-state index in [1.54, 1.807) is 12.1 Å². The molecule has 30 heavy (non-hydrogen) atoms. The number of nitrogens with one attached hydrogen (secondary N) is 1. The number of amides is 1. The van der Waals surface area contributed by atoms with Crippen LogP contribution in [0.2, 0.25) is 0 Å². The van der Waals surface area contributed by atoms with Crippen molar-refractivity contribution in [2.75, 3.05) is 24.0 Å². The molecule has 0 radical (unpaired) electrons. The number of sulfonamides is 1. The van der Waals surface area contributed by atoms with E-state index in [0.717, 1.165) is 22.1 Å². The van der Waals surface area contributed by atoms with Crippen molar-refractivity contribution in [3.63, 3.8) is 0 Å². The first-order valence-electron chi connectivity index (χ1n) is 9.98. The molecular formula is C23H24N2O4S. The number of nitrogens with zero attached hydrogens (tertiary/aromatic N) is 1. The summed E-state index contributed by atoms with van der Waals surface area (Å²) >= 11 is 0. The Labute approximate surface area is 176 Å². The third kappa shape index (κ3) is 3.85. The van der Waals surface area contributed by atoms with Crippen molar-refractivity contribution < 1.29 is 17.9 Å². The second-order valence-electron chi connectivity index (χ2n) is 7.28. The lowest BCUT2D eigenvalue weighted by molar-refractivity contribution is -0.121. The summed E-state index contributed by atoms with van der Waals surface area (Å²) in [5.41, 5.74) is 1.74. The van der Waals surface area contributed by atoms with Crippen molar-refractivity contribution in [2.24, 2.45) is 0 Å². The van der Waals surface area contributed by atoms with Gasteiger partial charge in [-0.3, -0.25) is 9.10 Å². The Morgan fingerprint density at radius 2 is 1.80 bits per heavy atom. The molecule has 1 N–H and O–H groups in total. The van der Waals surface area contributed by atoms with Crippen LogP contribution in [-0.4, -0.2) is 34.0 Å². The lowest BCUT2D eigenvalue weighted by atomic mass is 10.1. The number of carbonyl (C=O) groups excluding carboxylic acids is 1. The Kier molecular flexibility index (Phi) is 5.63. The minimum Gasteiger partial charge on any atom is -0.491 e. The first-order valence-corrected chi connectivity index (χ1v) is 11.4. The zero-order chi connectivity index (χ0) is 21.1. The molecule has 0 bridgehead atoms. The SMILES string of the molecule is Cc1ccccc1OCCNC(=O)CCCN1c2cccc3cccc(c23)S1(=O)=O. The molecule has 0 aliphatic carbocycles. The summed E-state index contributed by atoms with van der Waals surface area (Å²) < 4.78 is 32.9. The van der Waals surface area contributed by atoms with Crippen LogP contribution in [0.4, 0.5) is 5.69 Å². The number of aryl methyl sites for hydroxylation is 1. The molecule has 3 aromatic rings. The van der Waals surface area contributed by atoms with E-state index in [9.17, 15) is 13.2 Å². The van der Waals surface area contributed by atoms with Gasteiger partial charge in [0.2, 0.25) is 5.91 Å². The average Bonchev–Trinajstić information content (AvgIpc) is 2.96. The molecule has 1 aliphatic heterocycles. The lowest BCUT2D eigenvalue weighted by Crippen LogP contribution is -2.31. The topological polar surface area (TPSA) is 75.7 Å². The highest BCUT2D eigenvalue weighted by atomic mass is 32.2. The fraction of sp³-hybridized carbons (Fsp3) is 0.261. The lowest BCUT2D eigenvalue weighted by Gasteiger charge is -2.18. The molecular weight excluding hydrogens is 400 g/mol. The number of rotatable bonds is 8. The highest BCUT2D eigenvalue weighted by molar-refractivity contribution is 7.93. The van der Waals surface area contributed by atoms with E-state index in [1.807, 2.05) is 55.5 Å². The van der Waals surface area contributed by atoms with E-state index in [4.69, 9.17) is 4.74 Å². The molecule has 0 fully saturated rings. The number of benzene rings is 3. The Balaban J connectivity index is 1.28. The van der Waals surface area contributed by atoms with Crippen LogP contribution in [0.25, 0.3) is 10.8 Å². The Bertz CT molecular complexity index is 1190. The van der Waals surface area contributed by atoms with Gasteiger partial charge in [-0.25, -0.2) is 8.42 Å². The smallest absolute Gasteiger partial charge is 0.265 e. The van der Waals surface area contributed by atoms with Crippen LogP contribution >= 0.6 is 0 Å². The van der Waals surface area contributed by atoms with Gasteiger partial charge in [0.25, 0.3) is 10.0 Å². The normalized spacial score (nSPS) is 14.1. The number of anilines is 1. The van der Waals surface area contributed by atoms with Crippen molar-refractivity contribution in [3.8, 4) is 5.75 Å². The van der Waals surface area contributed by atoms with Gasteiger partial charge in [0.1, 0.15) is 12.4 Å². The molecule has 0 aromatic heterocycles.